The molecule has 2 nitrogen and oxygen atoms in total. The van der Waals surface area contributed by atoms with Gasteiger partial charge in [-0.1, -0.05) is 27.7 Å². The molecule has 0 amide bonds. The highest BCUT2D eigenvalue weighted by Gasteiger charge is 2.33. The highest BCUT2D eigenvalue weighted by molar-refractivity contribution is 5.82. The fourth-order valence-electron chi connectivity index (χ4n) is 3.94. The van der Waals surface area contributed by atoms with Gasteiger partial charge in [-0.05, 0) is 49.5 Å². The van der Waals surface area contributed by atoms with E-state index in [0.717, 1.165) is 37.6 Å². The number of Topliss-reactive ketones (excluding diaryl/α,β-unsaturated/α-hetero) is 1. The van der Waals surface area contributed by atoms with Crippen LogP contribution in [0.25, 0.3) is 0 Å². The van der Waals surface area contributed by atoms with Gasteiger partial charge in [0.25, 0.3) is 0 Å². The quantitative estimate of drug-likeness (QED) is 0.774. The van der Waals surface area contributed by atoms with Crippen LogP contribution in [0.4, 0.5) is 0 Å². The van der Waals surface area contributed by atoms with Crippen molar-refractivity contribution in [1.82, 2.24) is 4.90 Å². The van der Waals surface area contributed by atoms with Crippen molar-refractivity contribution < 1.29 is 4.79 Å². The Hall–Kier alpha value is -0.370. The fourth-order valence-corrected chi connectivity index (χ4v) is 3.94. The lowest BCUT2D eigenvalue weighted by Crippen LogP contribution is -2.45. The van der Waals surface area contributed by atoms with Crippen LogP contribution in [0.5, 0.6) is 0 Å². The van der Waals surface area contributed by atoms with Crippen molar-refractivity contribution in [3.8, 4) is 0 Å². The molecule has 2 aliphatic rings. The molecular formula is C17H31NO. The van der Waals surface area contributed by atoms with Crippen LogP contribution < -0.4 is 0 Å². The van der Waals surface area contributed by atoms with E-state index in [1.165, 1.54) is 25.9 Å². The van der Waals surface area contributed by atoms with Gasteiger partial charge in [0.05, 0.1) is 0 Å². The van der Waals surface area contributed by atoms with Crippen LogP contribution in [0.1, 0.15) is 59.8 Å². The van der Waals surface area contributed by atoms with Crippen molar-refractivity contribution in [2.75, 3.05) is 19.6 Å². The van der Waals surface area contributed by atoms with Crippen molar-refractivity contribution in [2.45, 2.75) is 59.8 Å². The summed E-state index contributed by atoms with van der Waals surface area (Å²) < 4.78 is 0. The molecule has 19 heavy (non-hydrogen) atoms. The van der Waals surface area contributed by atoms with Crippen molar-refractivity contribution >= 4 is 5.78 Å². The normalized spacial score (nSPS) is 32.8. The number of hydrogen-bond donors (Lipinski definition) is 0. The van der Waals surface area contributed by atoms with Crippen LogP contribution in [0.15, 0.2) is 0 Å². The second-order valence-corrected chi connectivity index (χ2v) is 7.94. The largest absolute Gasteiger partial charge is 0.302 e. The molecule has 1 heterocycles. The molecular weight excluding hydrogens is 234 g/mol. The molecule has 1 aliphatic heterocycles. The molecule has 2 unspecified atom stereocenters. The van der Waals surface area contributed by atoms with E-state index in [4.69, 9.17) is 0 Å². The zero-order valence-corrected chi connectivity index (χ0v) is 13.2. The predicted octanol–water partition coefficient (Wildman–Crippen LogP) is 3.75. The number of piperidine rings is 1. The monoisotopic (exact) mass is 265 g/mol. The minimum absolute atomic E-state index is 0.315. The minimum Gasteiger partial charge on any atom is -0.302 e. The van der Waals surface area contributed by atoms with E-state index >= 15 is 0 Å². The molecule has 2 rings (SSSR count). The Kier molecular flexibility index (Phi) is 4.70. The number of likely N-dealkylation sites (tertiary alicyclic amines) is 1. The van der Waals surface area contributed by atoms with Gasteiger partial charge in [0.15, 0.2) is 0 Å². The van der Waals surface area contributed by atoms with Crippen molar-refractivity contribution in [3.05, 3.63) is 0 Å². The van der Waals surface area contributed by atoms with Crippen molar-refractivity contribution in [1.29, 1.82) is 0 Å². The smallest absolute Gasteiger partial charge is 0.137 e. The average Bonchev–Trinajstić information content (AvgIpc) is 2.30. The highest BCUT2D eigenvalue weighted by atomic mass is 16.1. The fraction of sp³-hybridized carbons (Fsp3) is 0.941. The molecule has 2 heteroatoms. The zero-order chi connectivity index (χ0) is 14.0. The topological polar surface area (TPSA) is 20.3 Å². The Balaban J connectivity index is 1.91. The Labute approximate surface area is 118 Å². The van der Waals surface area contributed by atoms with Gasteiger partial charge >= 0.3 is 0 Å². The summed E-state index contributed by atoms with van der Waals surface area (Å²) >= 11 is 0. The molecule has 110 valence electrons. The molecule has 0 aromatic rings. The number of carbonyl (C=O) groups excluding carboxylic acids is 1. The summed E-state index contributed by atoms with van der Waals surface area (Å²) in [6.07, 6.45) is 5.70. The molecule has 1 saturated heterocycles. The van der Waals surface area contributed by atoms with Gasteiger partial charge in [0, 0.05) is 25.4 Å². The van der Waals surface area contributed by atoms with Crippen LogP contribution in [0.3, 0.4) is 0 Å². The average molecular weight is 265 g/mol. The summed E-state index contributed by atoms with van der Waals surface area (Å²) in [5.74, 6) is 2.34. The van der Waals surface area contributed by atoms with Gasteiger partial charge < -0.3 is 4.90 Å². The minimum atomic E-state index is 0.315. The third-order valence-electron chi connectivity index (χ3n) is 5.21. The Morgan fingerprint density at radius 1 is 1.37 bits per heavy atom. The molecule has 1 saturated carbocycles. The van der Waals surface area contributed by atoms with Gasteiger partial charge in [-0.15, -0.1) is 0 Å². The molecule has 0 radical (unpaired) electrons. The summed E-state index contributed by atoms with van der Waals surface area (Å²) in [7, 11) is 0. The van der Waals surface area contributed by atoms with Gasteiger partial charge in [-0.2, -0.15) is 0 Å². The van der Waals surface area contributed by atoms with Crippen LogP contribution >= 0.6 is 0 Å². The highest BCUT2D eigenvalue weighted by Crippen LogP contribution is 2.34. The summed E-state index contributed by atoms with van der Waals surface area (Å²) in [4.78, 5) is 14.7. The van der Waals surface area contributed by atoms with Crippen LogP contribution in [0, 0.1) is 23.2 Å². The van der Waals surface area contributed by atoms with E-state index in [9.17, 15) is 4.79 Å². The van der Waals surface area contributed by atoms with E-state index in [0.29, 0.717) is 17.1 Å². The lowest BCUT2D eigenvalue weighted by molar-refractivity contribution is -0.127. The van der Waals surface area contributed by atoms with E-state index < -0.39 is 0 Å². The molecule has 0 bridgehead atoms. The van der Waals surface area contributed by atoms with Gasteiger partial charge in [-0.3, -0.25) is 4.79 Å². The third kappa shape index (κ3) is 4.05. The molecule has 0 spiro atoms. The van der Waals surface area contributed by atoms with E-state index in [1.54, 1.807) is 0 Å². The Morgan fingerprint density at radius 3 is 2.74 bits per heavy atom. The van der Waals surface area contributed by atoms with E-state index in [1.807, 2.05) is 0 Å². The second kappa shape index (κ2) is 5.95. The van der Waals surface area contributed by atoms with E-state index in [-0.39, 0.29) is 0 Å². The van der Waals surface area contributed by atoms with Gasteiger partial charge in [-0.25, -0.2) is 0 Å². The maximum Gasteiger partial charge on any atom is 0.137 e. The van der Waals surface area contributed by atoms with Crippen molar-refractivity contribution in [3.63, 3.8) is 0 Å². The third-order valence-corrected chi connectivity index (χ3v) is 5.21. The summed E-state index contributed by atoms with van der Waals surface area (Å²) in [5, 5.41) is 0. The maximum atomic E-state index is 12.2. The first-order chi connectivity index (χ1) is 8.87. The van der Waals surface area contributed by atoms with Crippen LogP contribution in [0.2, 0.25) is 0 Å². The second-order valence-electron chi connectivity index (χ2n) is 7.94. The number of carbonyl (C=O) groups is 1. The first-order valence-corrected chi connectivity index (χ1v) is 8.12. The molecule has 2 fully saturated rings. The molecule has 0 aromatic heterocycles. The summed E-state index contributed by atoms with van der Waals surface area (Å²) in [6, 6.07) is 0. The molecule has 1 aliphatic carbocycles. The Morgan fingerprint density at radius 2 is 2.11 bits per heavy atom. The maximum absolute atomic E-state index is 12.2. The van der Waals surface area contributed by atoms with Gasteiger partial charge in [0.1, 0.15) is 5.78 Å². The van der Waals surface area contributed by atoms with Crippen LogP contribution in [-0.2, 0) is 4.79 Å². The number of nitrogens with zero attached hydrogens (tertiary/aromatic N) is 1. The first-order valence-electron chi connectivity index (χ1n) is 8.12. The zero-order valence-electron chi connectivity index (χ0n) is 13.2. The van der Waals surface area contributed by atoms with Gasteiger partial charge in [0.2, 0.25) is 0 Å². The summed E-state index contributed by atoms with van der Waals surface area (Å²) in [5.41, 5.74) is 0.438. The predicted molar refractivity (Wildman–Crippen MR) is 80.1 cm³/mol. The molecule has 0 N–H and O–H groups in total. The Bertz CT molecular complexity index is 321. The number of rotatable bonds is 3. The number of hydrogen-bond acceptors (Lipinski definition) is 2. The standard InChI is InChI=1S/C17H31NO/c1-13(2)14-6-7-16(19)15(10-14)11-18-9-5-8-17(3,4)12-18/h13-15H,5-12H2,1-4H3. The molecule has 2 atom stereocenters. The SMILES string of the molecule is CC(C)C1CCC(=O)C(CN2CCCC(C)(C)C2)C1. The molecule has 0 aromatic carbocycles. The van der Waals surface area contributed by atoms with Crippen molar-refractivity contribution in [2.24, 2.45) is 23.2 Å². The van der Waals surface area contributed by atoms with Crippen LogP contribution in [-0.4, -0.2) is 30.3 Å². The van der Waals surface area contributed by atoms with E-state index in [2.05, 4.69) is 32.6 Å². The lowest BCUT2D eigenvalue weighted by Gasteiger charge is -2.41. The summed E-state index contributed by atoms with van der Waals surface area (Å²) in [6.45, 7) is 12.7. The lowest BCUT2D eigenvalue weighted by atomic mass is 9.75. The number of ketones is 1. The first kappa shape index (κ1) is 15.0.